The molecule has 1 unspecified atom stereocenters. The number of nitrogens with zero attached hydrogens (tertiary/aromatic N) is 1. The van der Waals surface area contributed by atoms with Gasteiger partial charge < -0.3 is 19.5 Å². The van der Waals surface area contributed by atoms with Crippen LogP contribution in [0.3, 0.4) is 0 Å². The summed E-state index contributed by atoms with van der Waals surface area (Å²) < 4.78 is 10.9. The van der Waals surface area contributed by atoms with Gasteiger partial charge in [0, 0.05) is 13.7 Å². The van der Waals surface area contributed by atoms with Gasteiger partial charge in [0.05, 0.1) is 12.7 Å². The van der Waals surface area contributed by atoms with Crippen LogP contribution in [0.25, 0.3) is 0 Å². The first-order chi connectivity index (χ1) is 10.1. The second-order valence-electron chi connectivity index (χ2n) is 5.44. The Morgan fingerprint density at radius 1 is 1.29 bits per heavy atom. The first-order valence-corrected chi connectivity index (χ1v) is 7.73. The maximum absolute atomic E-state index is 12.5. The summed E-state index contributed by atoms with van der Waals surface area (Å²) in [4.78, 5) is 24.7. The molecule has 0 aromatic heterocycles. The summed E-state index contributed by atoms with van der Waals surface area (Å²) in [5.41, 5.74) is 0. The molecule has 21 heavy (non-hydrogen) atoms. The minimum Gasteiger partial charge on any atom is -0.480 e. The van der Waals surface area contributed by atoms with Crippen molar-refractivity contribution in [3.63, 3.8) is 0 Å². The molecule has 1 N–H and O–H groups in total. The Balaban J connectivity index is 2.60. The lowest BCUT2D eigenvalue weighted by Crippen LogP contribution is -2.45. The summed E-state index contributed by atoms with van der Waals surface area (Å²) in [5, 5.41) is 8.93. The zero-order valence-electron chi connectivity index (χ0n) is 13.0. The van der Waals surface area contributed by atoms with Crippen LogP contribution >= 0.6 is 0 Å². The number of carboxylic acids is 1. The van der Waals surface area contributed by atoms with Crippen LogP contribution in [-0.4, -0.2) is 60.9 Å². The number of amides is 1. The maximum Gasteiger partial charge on any atom is 0.323 e. The van der Waals surface area contributed by atoms with Gasteiger partial charge in [0.1, 0.15) is 12.6 Å². The van der Waals surface area contributed by atoms with E-state index in [4.69, 9.17) is 14.6 Å². The van der Waals surface area contributed by atoms with Crippen LogP contribution < -0.4 is 0 Å². The third kappa shape index (κ3) is 6.44. The van der Waals surface area contributed by atoms with Crippen LogP contribution in [0.1, 0.15) is 45.4 Å². The Morgan fingerprint density at radius 2 is 1.95 bits per heavy atom. The van der Waals surface area contributed by atoms with E-state index in [1.54, 1.807) is 0 Å². The second kappa shape index (κ2) is 9.73. The van der Waals surface area contributed by atoms with Gasteiger partial charge in [-0.05, 0) is 19.3 Å². The van der Waals surface area contributed by atoms with Gasteiger partial charge in [0.25, 0.3) is 5.91 Å². The molecule has 1 rings (SSSR count). The van der Waals surface area contributed by atoms with Gasteiger partial charge in [-0.15, -0.1) is 0 Å². The van der Waals surface area contributed by atoms with Crippen molar-refractivity contribution in [3.8, 4) is 0 Å². The Kier molecular flexibility index (Phi) is 8.30. The highest BCUT2D eigenvalue weighted by Gasteiger charge is 2.28. The Hall–Kier alpha value is -1.14. The highest BCUT2D eigenvalue weighted by molar-refractivity contribution is 5.84. The SMILES string of the molecule is CCC(OC1CCCCC1)C(=O)N(CCOC)CC(=O)O. The normalized spacial score (nSPS) is 17.4. The molecule has 1 aliphatic rings. The molecule has 0 heterocycles. The summed E-state index contributed by atoms with van der Waals surface area (Å²) in [5.74, 6) is -1.27. The molecule has 1 fully saturated rings. The van der Waals surface area contributed by atoms with Crippen molar-refractivity contribution in [2.24, 2.45) is 0 Å². The molecular weight excluding hydrogens is 274 g/mol. The van der Waals surface area contributed by atoms with Crippen molar-refractivity contribution < 1.29 is 24.2 Å². The largest absolute Gasteiger partial charge is 0.480 e. The zero-order chi connectivity index (χ0) is 15.7. The molecule has 0 aromatic rings. The molecule has 1 amide bonds. The van der Waals surface area contributed by atoms with E-state index in [2.05, 4.69) is 0 Å². The van der Waals surface area contributed by atoms with Gasteiger partial charge >= 0.3 is 5.97 Å². The summed E-state index contributed by atoms with van der Waals surface area (Å²) in [6.07, 6.45) is 5.60. The number of aliphatic carboxylic acids is 1. The topological polar surface area (TPSA) is 76.1 Å². The molecule has 1 saturated carbocycles. The number of carboxylic acid groups (broad SMARTS) is 1. The number of ether oxygens (including phenoxy) is 2. The lowest BCUT2D eigenvalue weighted by atomic mass is 9.97. The lowest BCUT2D eigenvalue weighted by Gasteiger charge is -2.30. The highest BCUT2D eigenvalue weighted by Crippen LogP contribution is 2.22. The molecular formula is C15H27NO5. The van der Waals surface area contributed by atoms with E-state index in [9.17, 15) is 9.59 Å². The monoisotopic (exact) mass is 301 g/mol. The summed E-state index contributed by atoms with van der Waals surface area (Å²) in [6.45, 7) is 2.17. The number of methoxy groups -OCH3 is 1. The zero-order valence-corrected chi connectivity index (χ0v) is 13.0. The summed E-state index contributed by atoms with van der Waals surface area (Å²) in [7, 11) is 1.53. The fourth-order valence-electron chi connectivity index (χ4n) is 2.60. The van der Waals surface area contributed by atoms with Crippen LogP contribution in [-0.2, 0) is 19.1 Å². The van der Waals surface area contributed by atoms with E-state index >= 15 is 0 Å². The van der Waals surface area contributed by atoms with Crippen molar-refractivity contribution >= 4 is 11.9 Å². The average Bonchev–Trinajstić information content (AvgIpc) is 2.49. The van der Waals surface area contributed by atoms with Gasteiger partial charge in [0.2, 0.25) is 0 Å². The number of carbonyl (C=O) groups is 2. The quantitative estimate of drug-likeness (QED) is 0.701. The standard InChI is InChI=1S/C15H27NO5/c1-3-13(21-12-7-5-4-6-8-12)15(19)16(9-10-20-2)11-14(17)18/h12-13H,3-11H2,1-2H3,(H,17,18). The van der Waals surface area contributed by atoms with E-state index in [0.29, 0.717) is 13.0 Å². The van der Waals surface area contributed by atoms with E-state index in [-0.39, 0.29) is 25.1 Å². The van der Waals surface area contributed by atoms with Crippen molar-refractivity contribution in [3.05, 3.63) is 0 Å². The van der Waals surface area contributed by atoms with Crippen LogP contribution in [0.4, 0.5) is 0 Å². The van der Waals surface area contributed by atoms with Crippen molar-refractivity contribution in [1.82, 2.24) is 4.90 Å². The predicted molar refractivity (Wildman–Crippen MR) is 78.1 cm³/mol. The van der Waals surface area contributed by atoms with Crippen molar-refractivity contribution in [2.45, 2.75) is 57.7 Å². The minimum atomic E-state index is -1.02. The number of hydrogen-bond acceptors (Lipinski definition) is 4. The third-order valence-corrected chi connectivity index (χ3v) is 3.76. The molecule has 1 aliphatic carbocycles. The van der Waals surface area contributed by atoms with E-state index in [0.717, 1.165) is 25.7 Å². The fourth-order valence-corrected chi connectivity index (χ4v) is 2.60. The smallest absolute Gasteiger partial charge is 0.323 e. The molecule has 122 valence electrons. The average molecular weight is 301 g/mol. The van der Waals surface area contributed by atoms with Crippen LogP contribution in [0.2, 0.25) is 0 Å². The molecule has 6 nitrogen and oxygen atoms in total. The number of carbonyl (C=O) groups excluding carboxylic acids is 1. The molecule has 0 aromatic carbocycles. The van der Waals surface area contributed by atoms with Gasteiger partial charge in [0.15, 0.2) is 0 Å². The first-order valence-electron chi connectivity index (χ1n) is 7.73. The van der Waals surface area contributed by atoms with Gasteiger partial charge in [-0.25, -0.2) is 0 Å². The molecule has 0 saturated heterocycles. The lowest BCUT2D eigenvalue weighted by molar-refractivity contribution is -0.155. The fraction of sp³-hybridized carbons (Fsp3) is 0.867. The van der Waals surface area contributed by atoms with E-state index in [1.807, 2.05) is 6.92 Å². The van der Waals surface area contributed by atoms with Crippen LogP contribution in [0.15, 0.2) is 0 Å². The summed E-state index contributed by atoms with van der Waals surface area (Å²) >= 11 is 0. The molecule has 0 spiro atoms. The third-order valence-electron chi connectivity index (χ3n) is 3.76. The molecule has 0 radical (unpaired) electrons. The van der Waals surface area contributed by atoms with Gasteiger partial charge in [-0.2, -0.15) is 0 Å². The first kappa shape index (κ1) is 17.9. The molecule has 1 atom stereocenters. The Labute approximate surface area is 126 Å². The Bertz CT molecular complexity index is 328. The highest BCUT2D eigenvalue weighted by atomic mass is 16.5. The maximum atomic E-state index is 12.5. The van der Waals surface area contributed by atoms with Gasteiger partial charge in [-0.3, -0.25) is 9.59 Å². The molecule has 6 heteroatoms. The van der Waals surface area contributed by atoms with Crippen LogP contribution in [0, 0.1) is 0 Å². The van der Waals surface area contributed by atoms with E-state index < -0.39 is 12.1 Å². The number of rotatable bonds is 9. The van der Waals surface area contributed by atoms with Gasteiger partial charge in [-0.1, -0.05) is 26.2 Å². The van der Waals surface area contributed by atoms with Crippen molar-refractivity contribution in [2.75, 3.05) is 26.8 Å². The Morgan fingerprint density at radius 3 is 2.48 bits per heavy atom. The molecule has 0 bridgehead atoms. The number of hydrogen-bond donors (Lipinski definition) is 1. The summed E-state index contributed by atoms with van der Waals surface area (Å²) in [6, 6.07) is 0. The minimum absolute atomic E-state index is 0.127. The predicted octanol–water partition coefficient (Wildman–Crippen LogP) is 1.67. The van der Waals surface area contributed by atoms with Crippen LogP contribution in [0.5, 0.6) is 0 Å². The second-order valence-corrected chi connectivity index (χ2v) is 5.44. The molecule has 0 aliphatic heterocycles. The van der Waals surface area contributed by atoms with E-state index in [1.165, 1.54) is 18.4 Å². The van der Waals surface area contributed by atoms with Crippen molar-refractivity contribution in [1.29, 1.82) is 0 Å².